The summed E-state index contributed by atoms with van der Waals surface area (Å²) < 4.78 is 4.40. The predicted molar refractivity (Wildman–Crippen MR) is 65.0 cm³/mol. The molecule has 0 fully saturated rings. The van der Waals surface area contributed by atoms with Crippen molar-refractivity contribution in [2.45, 2.75) is 26.2 Å². The molecule has 0 spiro atoms. The molecule has 0 bridgehead atoms. The van der Waals surface area contributed by atoms with Crippen LogP contribution >= 0.6 is 11.3 Å². The summed E-state index contributed by atoms with van der Waals surface area (Å²) in [5.74, 6) is 0.109. The molecule has 1 amide bonds. The zero-order valence-electron chi connectivity index (χ0n) is 9.88. The molecule has 2 aromatic heterocycles. The van der Waals surface area contributed by atoms with Crippen LogP contribution in [0.5, 0.6) is 0 Å². The van der Waals surface area contributed by atoms with Crippen molar-refractivity contribution in [3.05, 3.63) is 10.7 Å². The fraction of sp³-hybridized carbons (Fsp3) is 0.444. The van der Waals surface area contributed by atoms with Gasteiger partial charge >= 0.3 is 0 Å². The molecule has 0 radical (unpaired) electrons. The SMILES string of the molecule is CC(C)c1nnc(NC(=O)Cc2nonc2N)s1. The first kappa shape index (κ1) is 12.4. The minimum absolute atomic E-state index is 0.00801. The number of carbonyl (C=O) groups excluding carboxylic acids is 1. The first-order valence-electron chi connectivity index (χ1n) is 5.26. The van der Waals surface area contributed by atoms with Gasteiger partial charge in [-0.15, -0.1) is 10.2 Å². The normalized spacial score (nSPS) is 10.8. The molecular formula is C9H12N6O2S. The summed E-state index contributed by atoms with van der Waals surface area (Å²) in [4.78, 5) is 11.7. The van der Waals surface area contributed by atoms with Gasteiger partial charge in [0.05, 0.1) is 6.42 Å². The molecule has 0 aliphatic heterocycles. The van der Waals surface area contributed by atoms with E-state index in [1.165, 1.54) is 11.3 Å². The number of amides is 1. The Kier molecular flexibility index (Phi) is 3.51. The van der Waals surface area contributed by atoms with Gasteiger partial charge in [-0.05, 0) is 5.16 Å². The fourth-order valence-corrected chi connectivity index (χ4v) is 1.93. The van der Waals surface area contributed by atoms with E-state index in [0.717, 1.165) is 5.01 Å². The van der Waals surface area contributed by atoms with Gasteiger partial charge in [0.25, 0.3) is 0 Å². The zero-order valence-corrected chi connectivity index (χ0v) is 10.7. The summed E-state index contributed by atoms with van der Waals surface area (Å²) in [6, 6.07) is 0. The van der Waals surface area contributed by atoms with Crippen LogP contribution in [0, 0.1) is 0 Å². The Labute approximate surface area is 107 Å². The highest BCUT2D eigenvalue weighted by molar-refractivity contribution is 7.15. The Hall–Kier alpha value is -2.03. The van der Waals surface area contributed by atoms with E-state index in [4.69, 9.17) is 5.73 Å². The molecule has 18 heavy (non-hydrogen) atoms. The van der Waals surface area contributed by atoms with Crippen molar-refractivity contribution in [3.63, 3.8) is 0 Å². The lowest BCUT2D eigenvalue weighted by Gasteiger charge is -1.98. The second-order valence-electron chi connectivity index (χ2n) is 3.92. The molecule has 0 aliphatic carbocycles. The number of hydrogen-bond acceptors (Lipinski definition) is 8. The number of nitrogens with zero attached hydrogens (tertiary/aromatic N) is 4. The summed E-state index contributed by atoms with van der Waals surface area (Å²) in [5, 5.41) is 18.7. The van der Waals surface area contributed by atoms with Crippen molar-refractivity contribution in [1.29, 1.82) is 0 Å². The van der Waals surface area contributed by atoms with Gasteiger partial charge in [-0.2, -0.15) is 0 Å². The minimum atomic E-state index is -0.288. The molecule has 3 N–H and O–H groups in total. The molecular weight excluding hydrogens is 256 g/mol. The third-order valence-electron chi connectivity index (χ3n) is 2.09. The van der Waals surface area contributed by atoms with E-state index in [-0.39, 0.29) is 24.1 Å². The van der Waals surface area contributed by atoms with Crippen molar-refractivity contribution in [2.24, 2.45) is 0 Å². The van der Waals surface area contributed by atoms with Crippen molar-refractivity contribution in [1.82, 2.24) is 20.5 Å². The Bertz CT molecular complexity index is 549. The maximum absolute atomic E-state index is 11.7. The maximum atomic E-state index is 11.7. The number of carbonyl (C=O) groups is 1. The Morgan fingerprint density at radius 1 is 1.44 bits per heavy atom. The highest BCUT2D eigenvalue weighted by Gasteiger charge is 2.14. The molecule has 2 heterocycles. The van der Waals surface area contributed by atoms with E-state index < -0.39 is 0 Å². The van der Waals surface area contributed by atoms with Crippen LogP contribution in [0.15, 0.2) is 4.63 Å². The molecule has 9 heteroatoms. The van der Waals surface area contributed by atoms with Gasteiger partial charge < -0.3 is 11.1 Å². The van der Waals surface area contributed by atoms with Gasteiger partial charge in [0.15, 0.2) is 5.82 Å². The largest absolute Gasteiger partial charge is 0.379 e. The second-order valence-corrected chi connectivity index (χ2v) is 4.93. The van der Waals surface area contributed by atoms with Crippen molar-refractivity contribution in [2.75, 3.05) is 11.1 Å². The molecule has 8 nitrogen and oxygen atoms in total. The third-order valence-corrected chi connectivity index (χ3v) is 3.23. The molecule has 0 aromatic carbocycles. The van der Waals surface area contributed by atoms with Crippen LogP contribution in [0.2, 0.25) is 0 Å². The molecule has 96 valence electrons. The predicted octanol–water partition coefficient (Wildman–Crippen LogP) is 0.808. The van der Waals surface area contributed by atoms with E-state index in [1.807, 2.05) is 13.8 Å². The van der Waals surface area contributed by atoms with Gasteiger partial charge in [-0.25, -0.2) is 4.63 Å². The van der Waals surface area contributed by atoms with Crippen molar-refractivity contribution >= 4 is 28.2 Å². The monoisotopic (exact) mass is 268 g/mol. The minimum Gasteiger partial charge on any atom is -0.379 e. The zero-order chi connectivity index (χ0) is 13.1. The number of nitrogens with one attached hydrogen (secondary N) is 1. The van der Waals surface area contributed by atoms with Crippen LogP contribution in [0.25, 0.3) is 0 Å². The fourth-order valence-electron chi connectivity index (χ4n) is 1.17. The van der Waals surface area contributed by atoms with E-state index in [0.29, 0.717) is 10.8 Å². The van der Waals surface area contributed by atoms with Crippen LogP contribution in [0.1, 0.15) is 30.5 Å². The van der Waals surface area contributed by atoms with E-state index in [9.17, 15) is 4.79 Å². The third kappa shape index (κ3) is 2.80. The quantitative estimate of drug-likeness (QED) is 0.841. The number of hydrogen-bond donors (Lipinski definition) is 2. The Morgan fingerprint density at radius 3 is 2.78 bits per heavy atom. The summed E-state index contributed by atoms with van der Waals surface area (Å²) in [6.45, 7) is 4.02. The van der Waals surface area contributed by atoms with E-state index in [1.54, 1.807) is 0 Å². The summed E-state index contributed by atoms with van der Waals surface area (Å²) >= 11 is 1.34. The van der Waals surface area contributed by atoms with Gasteiger partial charge in [0.1, 0.15) is 10.7 Å². The summed E-state index contributed by atoms with van der Waals surface area (Å²) in [5.41, 5.74) is 5.76. The lowest BCUT2D eigenvalue weighted by Crippen LogP contribution is -2.15. The van der Waals surface area contributed by atoms with Crippen LogP contribution in [-0.4, -0.2) is 26.4 Å². The molecule has 0 saturated heterocycles. The number of nitrogen functional groups attached to an aromatic ring is 1. The number of aromatic nitrogens is 4. The Balaban J connectivity index is 1.97. The molecule has 2 aromatic rings. The second kappa shape index (κ2) is 5.08. The van der Waals surface area contributed by atoms with Crippen LogP contribution < -0.4 is 11.1 Å². The first-order valence-corrected chi connectivity index (χ1v) is 6.08. The molecule has 0 atom stereocenters. The van der Waals surface area contributed by atoms with Gasteiger partial charge in [0.2, 0.25) is 11.0 Å². The van der Waals surface area contributed by atoms with Crippen molar-refractivity contribution < 1.29 is 9.42 Å². The van der Waals surface area contributed by atoms with Crippen LogP contribution in [0.3, 0.4) is 0 Å². The van der Waals surface area contributed by atoms with Gasteiger partial charge in [-0.1, -0.05) is 30.3 Å². The number of nitrogens with two attached hydrogens (primary N) is 1. The highest BCUT2D eigenvalue weighted by atomic mass is 32.1. The standard InChI is InChI=1S/C9H12N6O2S/c1-4(2)8-12-13-9(18-8)11-6(16)3-5-7(10)15-17-14-5/h4H,3H2,1-2H3,(H2,10,15)(H,11,13,16). The first-order chi connectivity index (χ1) is 8.56. The lowest BCUT2D eigenvalue weighted by atomic mass is 10.2. The van der Waals surface area contributed by atoms with E-state index in [2.05, 4.69) is 30.5 Å². The molecule has 0 saturated carbocycles. The average Bonchev–Trinajstić information content (AvgIpc) is 2.89. The topological polar surface area (TPSA) is 120 Å². The lowest BCUT2D eigenvalue weighted by molar-refractivity contribution is -0.115. The molecule has 0 unspecified atom stereocenters. The smallest absolute Gasteiger partial charge is 0.232 e. The van der Waals surface area contributed by atoms with Crippen LogP contribution in [0.4, 0.5) is 10.9 Å². The number of anilines is 2. The molecule has 0 aliphatic rings. The van der Waals surface area contributed by atoms with Gasteiger partial charge in [-0.3, -0.25) is 4.79 Å². The van der Waals surface area contributed by atoms with E-state index >= 15 is 0 Å². The van der Waals surface area contributed by atoms with Crippen molar-refractivity contribution in [3.8, 4) is 0 Å². The summed E-state index contributed by atoms with van der Waals surface area (Å²) in [6.07, 6.45) is -0.00801. The summed E-state index contributed by atoms with van der Waals surface area (Å²) in [7, 11) is 0. The maximum Gasteiger partial charge on any atom is 0.232 e. The van der Waals surface area contributed by atoms with Gasteiger partial charge in [0, 0.05) is 5.92 Å². The molecule has 2 rings (SSSR count). The Morgan fingerprint density at radius 2 is 2.22 bits per heavy atom. The number of rotatable bonds is 4. The average molecular weight is 268 g/mol. The van der Waals surface area contributed by atoms with Crippen LogP contribution in [-0.2, 0) is 11.2 Å². The highest BCUT2D eigenvalue weighted by Crippen LogP contribution is 2.22.